The molecular formula is C21H24ClN3O. The first kappa shape index (κ1) is 18.5. The number of carbonyl (C=O) groups excluding carboxylic acids is 1. The van der Waals surface area contributed by atoms with Gasteiger partial charge in [-0.25, -0.2) is 4.98 Å². The lowest BCUT2D eigenvalue weighted by atomic mass is 10.2. The van der Waals surface area contributed by atoms with E-state index in [0.717, 1.165) is 22.4 Å². The van der Waals surface area contributed by atoms with E-state index in [-0.39, 0.29) is 24.5 Å². The molecule has 3 aromatic rings. The zero-order valence-electron chi connectivity index (χ0n) is 15.6. The third-order valence-corrected chi connectivity index (χ3v) is 4.70. The number of imidazole rings is 1. The molecule has 0 aliphatic rings. The van der Waals surface area contributed by atoms with Crippen LogP contribution < -0.4 is 0 Å². The zero-order chi connectivity index (χ0) is 18.8. The fourth-order valence-corrected chi connectivity index (χ4v) is 3.57. The number of para-hydroxylation sites is 2. The van der Waals surface area contributed by atoms with E-state index in [1.807, 2.05) is 85.7 Å². The maximum atomic E-state index is 13.0. The van der Waals surface area contributed by atoms with E-state index in [1.54, 1.807) is 0 Å². The van der Waals surface area contributed by atoms with Crippen molar-refractivity contribution in [1.29, 1.82) is 0 Å². The van der Waals surface area contributed by atoms with Crippen molar-refractivity contribution in [1.82, 2.24) is 14.5 Å². The first-order valence-electron chi connectivity index (χ1n) is 8.91. The summed E-state index contributed by atoms with van der Waals surface area (Å²) < 4.78 is 2.00. The van der Waals surface area contributed by atoms with Gasteiger partial charge in [0, 0.05) is 22.7 Å². The average molecular weight is 370 g/mol. The highest BCUT2D eigenvalue weighted by atomic mass is 35.5. The number of hydrogen-bond donors (Lipinski definition) is 0. The Labute approximate surface area is 159 Å². The quantitative estimate of drug-likeness (QED) is 0.634. The minimum absolute atomic E-state index is 0.0911. The van der Waals surface area contributed by atoms with Gasteiger partial charge in [-0.3, -0.25) is 4.79 Å². The molecule has 0 N–H and O–H groups in total. The molecule has 1 aromatic heterocycles. The van der Waals surface area contributed by atoms with Crippen LogP contribution in [0.2, 0.25) is 5.02 Å². The van der Waals surface area contributed by atoms with Crippen LogP contribution in [0.1, 0.15) is 27.7 Å². The lowest BCUT2D eigenvalue weighted by molar-refractivity contribution is -0.135. The molecule has 0 spiro atoms. The molecule has 0 saturated heterocycles. The molecule has 26 heavy (non-hydrogen) atoms. The Hall–Kier alpha value is -2.33. The maximum Gasteiger partial charge on any atom is 0.243 e. The van der Waals surface area contributed by atoms with E-state index in [0.29, 0.717) is 5.02 Å². The fourth-order valence-electron chi connectivity index (χ4n) is 3.44. The number of hydrogen-bond acceptors (Lipinski definition) is 2. The van der Waals surface area contributed by atoms with Gasteiger partial charge in [-0.05, 0) is 64.1 Å². The van der Waals surface area contributed by atoms with Crippen molar-refractivity contribution in [3.63, 3.8) is 0 Å². The van der Waals surface area contributed by atoms with Crippen LogP contribution >= 0.6 is 11.6 Å². The van der Waals surface area contributed by atoms with Gasteiger partial charge >= 0.3 is 0 Å². The Morgan fingerprint density at radius 1 is 1.04 bits per heavy atom. The van der Waals surface area contributed by atoms with Crippen LogP contribution in [0.15, 0.2) is 48.5 Å². The van der Waals surface area contributed by atoms with Crippen LogP contribution in [0.5, 0.6) is 0 Å². The largest absolute Gasteiger partial charge is 0.336 e. The second kappa shape index (κ2) is 7.50. The highest BCUT2D eigenvalue weighted by Gasteiger charge is 2.23. The van der Waals surface area contributed by atoms with E-state index < -0.39 is 0 Å². The first-order valence-corrected chi connectivity index (χ1v) is 9.28. The zero-order valence-corrected chi connectivity index (χ0v) is 16.4. The third kappa shape index (κ3) is 3.61. The predicted molar refractivity (Wildman–Crippen MR) is 107 cm³/mol. The van der Waals surface area contributed by atoms with Crippen molar-refractivity contribution in [2.24, 2.45) is 0 Å². The number of rotatable bonds is 5. The number of aromatic nitrogens is 2. The molecule has 0 atom stereocenters. The molecule has 2 aromatic carbocycles. The molecule has 0 saturated carbocycles. The smallest absolute Gasteiger partial charge is 0.243 e. The van der Waals surface area contributed by atoms with Crippen molar-refractivity contribution < 1.29 is 4.79 Å². The summed E-state index contributed by atoms with van der Waals surface area (Å²) >= 11 is 6.03. The molecule has 1 amide bonds. The minimum atomic E-state index is 0.0911. The summed E-state index contributed by atoms with van der Waals surface area (Å²) in [4.78, 5) is 19.7. The standard InChI is InChI=1S/C21H24ClN3O/c1-14(2)25(15(3)4)20(26)13-24-19-8-6-5-7-18(19)23-21(24)16-9-11-17(22)12-10-16/h5-12,14-15H,13H2,1-4H3. The molecule has 4 nitrogen and oxygen atoms in total. The van der Waals surface area contributed by atoms with Gasteiger partial charge in [-0.2, -0.15) is 0 Å². The Balaban J connectivity index is 2.07. The molecule has 0 radical (unpaired) electrons. The van der Waals surface area contributed by atoms with E-state index in [9.17, 15) is 4.79 Å². The second-order valence-corrected chi connectivity index (χ2v) is 7.44. The van der Waals surface area contributed by atoms with Gasteiger partial charge in [0.05, 0.1) is 11.0 Å². The molecule has 0 unspecified atom stereocenters. The number of carbonyl (C=O) groups is 1. The van der Waals surface area contributed by atoms with Gasteiger partial charge in [-0.1, -0.05) is 23.7 Å². The molecule has 5 heteroatoms. The van der Waals surface area contributed by atoms with Crippen molar-refractivity contribution >= 4 is 28.5 Å². The minimum Gasteiger partial charge on any atom is -0.336 e. The number of amides is 1. The number of halogens is 1. The van der Waals surface area contributed by atoms with E-state index in [4.69, 9.17) is 16.6 Å². The van der Waals surface area contributed by atoms with Crippen molar-refractivity contribution in [2.75, 3.05) is 0 Å². The highest BCUT2D eigenvalue weighted by Crippen LogP contribution is 2.26. The first-order chi connectivity index (χ1) is 12.4. The lowest BCUT2D eigenvalue weighted by Crippen LogP contribution is -2.43. The summed E-state index contributed by atoms with van der Waals surface area (Å²) in [5.41, 5.74) is 2.78. The molecule has 0 fully saturated rings. The maximum absolute atomic E-state index is 13.0. The summed E-state index contributed by atoms with van der Waals surface area (Å²) in [7, 11) is 0. The van der Waals surface area contributed by atoms with E-state index in [2.05, 4.69) is 0 Å². The Kier molecular flexibility index (Phi) is 5.33. The molecule has 136 valence electrons. The van der Waals surface area contributed by atoms with Gasteiger partial charge < -0.3 is 9.47 Å². The average Bonchev–Trinajstić information content (AvgIpc) is 2.93. The van der Waals surface area contributed by atoms with Crippen molar-refractivity contribution in [3.8, 4) is 11.4 Å². The summed E-state index contributed by atoms with van der Waals surface area (Å²) in [6.45, 7) is 8.44. The van der Waals surface area contributed by atoms with Crippen LogP contribution in [0, 0.1) is 0 Å². The predicted octanol–water partition coefficient (Wildman–Crippen LogP) is 5.00. The summed E-state index contributed by atoms with van der Waals surface area (Å²) in [6, 6.07) is 15.8. The van der Waals surface area contributed by atoms with E-state index >= 15 is 0 Å². The third-order valence-electron chi connectivity index (χ3n) is 4.45. The van der Waals surface area contributed by atoms with Gasteiger partial charge in [0.1, 0.15) is 12.4 Å². The normalized spacial score (nSPS) is 11.5. The summed E-state index contributed by atoms with van der Waals surface area (Å²) in [5, 5.41) is 0.679. The van der Waals surface area contributed by atoms with Gasteiger partial charge in [-0.15, -0.1) is 0 Å². The van der Waals surface area contributed by atoms with Crippen LogP contribution in [0.4, 0.5) is 0 Å². The number of benzene rings is 2. The van der Waals surface area contributed by atoms with Crippen LogP contribution in [-0.4, -0.2) is 32.4 Å². The lowest BCUT2D eigenvalue weighted by Gasteiger charge is -2.31. The van der Waals surface area contributed by atoms with Crippen molar-refractivity contribution in [2.45, 2.75) is 46.3 Å². The Bertz CT molecular complexity index is 905. The highest BCUT2D eigenvalue weighted by molar-refractivity contribution is 6.30. The van der Waals surface area contributed by atoms with Gasteiger partial charge in [0.25, 0.3) is 0 Å². The molecule has 0 aliphatic carbocycles. The fraction of sp³-hybridized carbons (Fsp3) is 0.333. The van der Waals surface area contributed by atoms with Crippen molar-refractivity contribution in [3.05, 3.63) is 53.6 Å². The molecular weight excluding hydrogens is 346 g/mol. The summed E-state index contributed by atoms with van der Waals surface area (Å²) in [5.74, 6) is 0.872. The number of fused-ring (bicyclic) bond motifs is 1. The second-order valence-electron chi connectivity index (χ2n) is 7.01. The molecule has 0 bridgehead atoms. The van der Waals surface area contributed by atoms with Gasteiger partial charge in [0.15, 0.2) is 0 Å². The van der Waals surface area contributed by atoms with Crippen LogP contribution in [-0.2, 0) is 11.3 Å². The Morgan fingerprint density at radius 2 is 1.65 bits per heavy atom. The number of nitrogens with zero attached hydrogens (tertiary/aromatic N) is 3. The molecule has 3 rings (SSSR count). The van der Waals surface area contributed by atoms with E-state index in [1.165, 1.54) is 0 Å². The molecule has 0 aliphatic heterocycles. The summed E-state index contributed by atoms with van der Waals surface area (Å²) in [6.07, 6.45) is 0. The van der Waals surface area contributed by atoms with Crippen LogP contribution in [0.25, 0.3) is 22.4 Å². The molecule has 1 heterocycles. The SMILES string of the molecule is CC(C)N(C(=O)Cn1c(-c2ccc(Cl)cc2)nc2ccccc21)C(C)C. The van der Waals surface area contributed by atoms with Crippen LogP contribution in [0.3, 0.4) is 0 Å². The Morgan fingerprint density at radius 3 is 2.27 bits per heavy atom. The topological polar surface area (TPSA) is 38.1 Å². The van der Waals surface area contributed by atoms with Gasteiger partial charge in [0.2, 0.25) is 5.91 Å². The monoisotopic (exact) mass is 369 g/mol.